The molecule has 0 radical (unpaired) electrons. The van der Waals surface area contributed by atoms with E-state index in [1.54, 1.807) is 6.92 Å². The molecule has 55 heteroatoms. The molecule has 0 aromatic rings. The number of carbonyl (C=O) groups excluding carboxylic acids is 10. The number of Topliss-reactive ketones (excluding diaryl/α,β-unsaturated/α-hetero) is 3. The summed E-state index contributed by atoms with van der Waals surface area (Å²) in [6, 6.07) is 0. The zero-order valence-corrected chi connectivity index (χ0v) is 83.8. The number of hydrogen-bond acceptors (Lipinski definition) is 48. The van der Waals surface area contributed by atoms with Crippen molar-refractivity contribution in [2.24, 2.45) is 0 Å². The van der Waals surface area contributed by atoms with Gasteiger partial charge in [0.25, 0.3) is 0 Å². The Hall–Kier alpha value is -6.22. The molecule has 146 heavy (non-hydrogen) atoms. The highest BCUT2D eigenvalue weighted by atomic mass is 16.8. The standard InChI is InChI=1S/C33H58N2O14.C30H55N5O14.C28H50N2O18/c1-4-34-25(39)14-8-6-5-7-11-22(36)17-35(18-23(37)12-9-15-46-32-30(44)28(42)26(40)20(2)48-32)19-24(38)13-10-16-47-33-31(45)29(43)27(41)21(3)49-33;1-4-31-19(36)8-6-5-7-9-32-20(37)14-35(15-21(38)33-10-12-46-29-27(44)25(42)23(40)17(2)48-29)16-22(39)34-11-13-47-30-28(45)26(43)24(41)18(3)49-30;1-2-29-15(33)5-3-4-6-16(34)30-7-8-43-27-24(42)25(48-28-23(41)21(39)18(36)13(10-32)46-28)19(37)14(47-27)11-44-26-22(40)20(38)17(35)12(9-31)45-26/h20-21,26-33,40-45H,4-19H2,1-3H3,(H,34,39);17-18,23-30,40-45H,4-16H2,1-3H3,(H,31,36)(H,32,37)(H,33,38)(H,34,39);12-14,17-28,31-32,35-42H,2-11H2,1H3,(H,29,33)(H,30,34)/t20-,21-,26+,27+,28+,29+,30-,31-,32+,33+;17-,18-,23+,24+,25+,26+,27-,28-,29+,30+;12-,13-,14-,17-,18-,19-,20+,21+,22+,23+,24+,25+,26+,27+,28-/m001/s1. The second kappa shape index (κ2) is 69.4. The quantitative estimate of drug-likeness (QED) is 0.0251. The van der Waals surface area contributed by atoms with Crippen molar-refractivity contribution in [3.05, 3.63) is 0 Å². The molecule has 0 unspecified atom stereocenters. The van der Waals surface area contributed by atoms with Crippen molar-refractivity contribution in [1.82, 2.24) is 47.0 Å². The Morgan fingerprint density at radius 1 is 0.240 bits per heavy atom. The van der Waals surface area contributed by atoms with E-state index < -0.39 is 252 Å². The summed E-state index contributed by atoms with van der Waals surface area (Å²) in [5.74, 6) is -2.52. The van der Waals surface area contributed by atoms with Crippen molar-refractivity contribution >= 4 is 58.7 Å². The number of rotatable bonds is 62. The minimum Gasteiger partial charge on any atom is -0.394 e. The summed E-state index contributed by atoms with van der Waals surface area (Å²) in [4.78, 5) is 126. The molecule has 0 aromatic heterocycles. The lowest BCUT2D eigenvalue weighted by molar-refractivity contribution is -0.366. The van der Waals surface area contributed by atoms with Gasteiger partial charge in [-0.25, -0.2) is 0 Å². The van der Waals surface area contributed by atoms with Crippen LogP contribution in [-0.4, -0.2) is 534 Å². The maximum Gasteiger partial charge on any atom is 0.234 e. The summed E-state index contributed by atoms with van der Waals surface area (Å²) < 4.78 is 76.3. The smallest absolute Gasteiger partial charge is 0.234 e. The Labute approximate surface area is 846 Å². The molecule has 29 N–H and O–H groups in total. The zero-order chi connectivity index (χ0) is 109. The number of aliphatic hydroxyl groups is 22. The maximum absolute atomic E-state index is 12.9. The first-order valence-corrected chi connectivity index (χ1v) is 50.0. The second-order valence-corrected chi connectivity index (χ2v) is 36.7. The molecule has 0 saturated carbocycles. The Morgan fingerprint density at radius 2 is 0.500 bits per heavy atom. The van der Waals surface area contributed by atoms with Crippen molar-refractivity contribution < 1.29 is 227 Å². The van der Waals surface area contributed by atoms with Crippen molar-refractivity contribution in [1.29, 1.82) is 0 Å². The van der Waals surface area contributed by atoms with Gasteiger partial charge in [-0.05, 0) is 99.8 Å². The highest BCUT2D eigenvalue weighted by Crippen LogP contribution is 2.33. The molecule has 0 aliphatic carbocycles. The van der Waals surface area contributed by atoms with Gasteiger partial charge < -0.3 is 216 Å². The van der Waals surface area contributed by atoms with Crippen molar-refractivity contribution in [3.8, 4) is 0 Å². The van der Waals surface area contributed by atoms with Crippen LogP contribution in [0.3, 0.4) is 0 Å². The van der Waals surface area contributed by atoms with Crippen molar-refractivity contribution in [3.63, 3.8) is 0 Å². The Bertz CT molecular complexity index is 3490. The Kier molecular flexibility index (Phi) is 61.9. The summed E-state index contributed by atoms with van der Waals surface area (Å²) >= 11 is 0. The molecule has 7 fully saturated rings. The fourth-order valence-corrected chi connectivity index (χ4v) is 16.1. The summed E-state index contributed by atoms with van der Waals surface area (Å²) in [6.07, 6.45) is -41.5. The average molecular weight is 2120 g/mol. The molecular formula is C91H163N9O46. The Morgan fingerprint density at radius 3 is 0.849 bits per heavy atom. The lowest BCUT2D eigenvalue weighted by Gasteiger charge is -2.46. The first-order valence-electron chi connectivity index (χ1n) is 50.0. The van der Waals surface area contributed by atoms with Crippen LogP contribution in [0.1, 0.15) is 164 Å². The van der Waals surface area contributed by atoms with Crippen LogP contribution in [0.4, 0.5) is 0 Å². The summed E-state index contributed by atoms with van der Waals surface area (Å²) in [7, 11) is 0. The fourth-order valence-electron chi connectivity index (χ4n) is 16.1. The molecule has 55 nitrogen and oxygen atoms in total. The first kappa shape index (κ1) is 130. The topological polar surface area (TPSA) is 836 Å². The van der Waals surface area contributed by atoms with Gasteiger partial charge in [0.05, 0.1) is 117 Å². The Balaban J connectivity index is 0.000000385. The average Bonchev–Trinajstić information content (AvgIpc) is 0.779. The summed E-state index contributed by atoms with van der Waals surface area (Å²) in [6.45, 7) is 9.65. The van der Waals surface area contributed by atoms with E-state index in [0.717, 1.165) is 25.7 Å². The molecule has 7 rings (SSSR count). The van der Waals surface area contributed by atoms with Gasteiger partial charge in [0.1, 0.15) is 164 Å². The molecule has 7 aliphatic rings. The van der Waals surface area contributed by atoms with Gasteiger partial charge in [-0.2, -0.15) is 0 Å². The van der Waals surface area contributed by atoms with Gasteiger partial charge in [-0.1, -0.05) is 19.3 Å². The molecule has 0 bridgehead atoms. The van der Waals surface area contributed by atoms with Gasteiger partial charge in [0, 0.05) is 90.8 Å². The number of carbonyl (C=O) groups is 10. The largest absolute Gasteiger partial charge is 0.394 e. The van der Waals surface area contributed by atoms with E-state index in [1.165, 1.54) is 37.5 Å². The number of hydrogen-bond donors (Lipinski definition) is 29. The van der Waals surface area contributed by atoms with Gasteiger partial charge in [-0.3, -0.25) is 57.7 Å². The monoisotopic (exact) mass is 2120 g/mol. The lowest BCUT2D eigenvalue weighted by atomic mass is 9.96. The van der Waals surface area contributed by atoms with Crippen LogP contribution in [0, 0.1) is 0 Å². The number of nitrogens with zero attached hydrogens (tertiary/aromatic N) is 2. The van der Waals surface area contributed by atoms with E-state index in [4.69, 9.17) is 66.3 Å². The molecule has 7 saturated heterocycles. The van der Waals surface area contributed by atoms with E-state index in [0.29, 0.717) is 77.5 Å². The molecule has 0 aromatic carbocycles. The second-order valence-electron chi connectivity index (χ2n) is 36.7. The van der Waals surface area contributed by atoms with Crippen LogP contribution < -0.4 is 37.2 Å². The van der Waals surface area contributed by atoms with Gasteiger partial charge in [0.2, 0.25) is 41.4 Å². The van der Waals surface area contributed by atoms with Gasteiger partial charge >= 0.3 is 0 Å². The third-order valence-electron chi connectivity index (χ3n) is 24.7. The van der Waals surface area contributed by atoms with E-state index >= 15 is 0 Å². The molecule has 848 valence electrons. The number of aliphatic hydroxyl groups excluding tert-OH is 22. The molecule has 35 atom stereocenters. The molecule has 7 aliphatic heterocycles. The first-order chi connectivity index (χ1) is 69.3. The molecule has 7 amide bonds. The molecular weight excluding hydrogens is 1960 g/mol. The third-order valence-corrected chi connectivity index (χ3v) is 24.7. The molecule has 7 heterocycles. The van der Waals surface area contributed by atoms with Gasteiger partial charge in [0.15, 0.2) is 44.0 Å². The van der Waals surface area contributed by atoms with E-state index in [1.807, 2.05) is 13.8 Å². The third kappa shape index (κ3) is 44.8. The van der Waals surface area contributed by atoms with Crippen LogP contribution in [0.15, 0.2) is 0 Å². The zero-order valence-electron chi connectivity index (χ0n) is 83.8. The minimum atomic E-state index is -1.88. The normalized spacial score (nSPS) is 33.5. The predicted molar refractivity (Wildman–Crippen MR) is 497 cm³/mol. The van der Waals surface area contributed by atoms with Crippen molar-refractivity contribution in [2.75, 3.05) is 138 Å². The number of ether oxygens (including phenoxy) is 14. The predicted octanol–water partition coefficient (Wildman–Crippen LogP) is -13.0. The van der Waals surface area contributed by atoms with Crippen LogP contribution in [0.5, 0.6) is 0 Å². The van der Waals surface area contributed by atoms with Crippen LogP contribution in [0.25, 0.3) is 0 Å². The number of unbranched alkanes of at least 4 members (excludes halogenated alkanes) is 6. The minimum absolute atomic E-state index is 0.00275. The SMILES string of the molecule is CCNC(=O)CCCCC(=O)NCCO[C@H]1O[C@H](CO[C@H]2O[C@H](CO)[C@@H](O)[C@H](O)[C@@H]2O)[C@@H](O)[C@H](O[C@H]2O[C@H](CO)[C@@H](O)[C@H](O)[C@@H]2O)[C@@H]1O.CCNC(=O)CCCCCCC(=O)CN(CC(=O)CCCO[C@@H]1O[C@@H](C)[C@@H](O)[C@@H](O)[C@@H]1O)CC(=O)CCCO[C@@H]1O[C@@H](C)[C@@H](O)[C@@H](O)[C@@H]1O.CCNC(=O)CCCCCNC(=O)CN(CC(=O)NCCO[C@@H]1O[C@@H](C)[C@@H](O)[C@@H](O)[C@@H]1O)CC(=O)NCCO[C@@H]1O[C@@H](C)[C@@H](O)[C@@H](O)[C@@H]1O. The van der Waals surface area contributed by atoms with Gasteiger partial charge in [-0.15, -0.1) is 0 Å². The highest BCUT2D eigenvalue weighted by Gasteiger charge is 2.54. The van der Waals surface area contributed by atoms with Crippen molar-refractivity contribution in [2.45, 2.75) is 379 Å². The van der Waals surface area contributed by atoms with Crippen LogP contribution in [-0.2, 0) is 114 Å². The maximum atomic E-state index is 12.9. The van der Waals surface area contributed by atoms with Crippen LogP contribution >= 0.6 is 0 Å². The number of amides is 7. The highest BCUT2D eigenvalue weighted by molar-refractivity contribution is 5.87. The lowest BCUT2D eigenvalue weighted by Crippen LogP contribution is -2.65. The van der Waals surface area contributed by atoms with E-state index in [-0.39, 0.29) is 171 Å². The molecule has 0 spiro atoms. The summed E-state index contributed by atoms with van der Waals surface area (Å²) in [5, 5.41) is 240. The number of ketones is 3. The van der Waals surface area contributed by atoms with E-state index in [2.05, 4.69) is 37.2 Å². The summed E-state index contributed by atoms with van der Waals surface area (Å²) in [5.41, 5.74) is 0. The van der Waals surface area contributed by atoms with E-state index in [9.17, 15) is 160 Å². The van der Waals surface area contributed by atoms with Crippen LogP contribution in [0.2, 0.25) is 0 Å². The fraction of sp³-hybridized carbons (Fsp3) is 0.890. The number of nitrogens with one attached hydrogen (secondary N) is 7.